The van der Waals surface area contributed by atoms with Crippen LogP contribution >= 0.6 is 11.6 Å². The minimum atomic E-state index is -4.39. The van der Waals surface area contributed by atoms with E-state index in [1.807, 2.05) is 0 Å². The Kier molecular flexibility index (Phi) is 3.82. The lowest BCUT2D eigenvalue weighted by atomic mass is 10.2. The van der Waals surface area contributed by atoms with E-state index in [0.29, 0.717) is 5.69 Å². The van der Waals surface area contributed by atoms with Crippen molar-refractivity contribution < 1.29 is 18.3 Å². The van der Waals surface area contributed by atoms with E-state index in [1.165, 1.54) is 6.07 Å². The second kappa shape index (κ2) is 4.72. The normalized spacial score (nSPS) is 11.5. The third-order valence-electron chi connectivity index (χ3n) is 1.72. The highest BCUT2D eigenvalue weighted by atomic mass is 35.5. The van der Waals surface area contributed by atoms with Crippen molar-refractivity contribution in [3.05, 3.63) is 28.8 Å². The van der Waals surface area contributed by atoms with Gasteiger partial charge in [0.15, 0.2) is 0 Å². The second-order valence-electron chi connectivity index (χ2n) is 2.84. The van der Waals surface area contributed by atoms with Gasteiger partial charge in [0.2, 0.25) is 0 Å². The molecule has 0 aliphatic rings. The summed E-state index contributed by atoms with van der Waals surface area (Å²) < 4.78 is 36.7. The van der Waals surface area contributed by atoms with Gasteiger partial charge in [-0.2, -0.15) is 13.2 Å². The summed E-state index contributed by atoms with van der Waals surface area (Å²) in [5, 5.41) is 11.2. The lowest BCUT2D eigenvalue weighted by Crippen LogP contribution is -2.08. The first-order valence-corrected chi connectivity index (χ1v) is 4.54. The quantitative estimate of drug-likeness (QED) is 0.850. The lowest BCUT2D eigenvalue weighted by Gasteiger charge is -2.10. The summed E-state index contributed by atoms with van der Waals surface area (Å²) >= 11 is 5.63. The molecular weight excluding hydrogens is 231 g/mol. The molecule has 0 atom stereocenters. The Morgan fingerprint density at radius 2 is 2.00 bits per heavy atom. The molecule has 0 saturated heterocycles. The maximum atomic E-state index is 12.2. The molecule has 0 aliphatic heterocycles. The summed E-state index contributed by atoms with van der Waals surface area (Å²) in [6.07, 6.45) is -4.39. The molecule has 0 heterocycles. The molecule has 1 rings (SSSR count). The van der Waals surface area contributed by atoms with Crippen LogP contribution in [0.2, 0.25) is 5.02 Å². The molecule has 0 saturated carbocycles. The van der Waals surface area contributed by atoms with Crippen LogP contribution in [0.1, 0.15) is 5.56 Å². The Labute approximate surface area is 89.7 Å². The van der Waals surface area contributed by atoms with E-state index < -0.39 is 11.7 Å². The Morgan fingerprint density at radius 3 is 2.47 bits per heavy atom. The first-order valence-electron chi connectivity index (χ1n) is 4.16. The van der Waals surface area contributed by atoms with E-state index in [4.69, 9.17) is 16.7 Å². The standard InChI is InChI=1S/C9H9ClF3NO/c10-7-5-6(9(11,12)13)1-2-8(7)14-3-4-15/h1-2,5,14-15H,3-4H2. The molecular formula is C9H9ClF3NO. The first-order chi connectivity index (χ1) is 6.95. The molecule has 0 aliphatic carbocycles. The number of nitrogens with one attached hydrogen (secondary N) is 1. The maximum absolute atomic E-state index is 12.2. The fourth-order valence-corrected chi connectivity index (χ4v) is 1.27. The van der Waals surface area contributed by atoms with Gasteiger partial charge in [-0.1, -0.05) is 11.6 Å². The molecule has 0 aromatic heterocycles. The zero-order valence-electron chi connectivity index (χ0n) is 7.61. The summed E-state index contributed by atoms with van der Waals surface area (Å²) in [7, 11) is 0. The highest BCUT2D eigenvalue weighted by Crippen LogP contribution is 2.33. The Balaban J connectivity index is 2.88. The summed E-state index contributed by atoms with van der Waals surface area (Å²) in [4.78, 5) is 0. The van der Waals surface area contributed by atoms with Crippen molar-refractivity contribution in [2.75, 3.05) is 18.5 Å². The van der Waals surface area contributed by atoms with Crippen molar-refractivity contribution >= 4 is 17.3 Å². The summed E-state index contributed by atoms with van der Waals surface area (Å²) in [6, 6.07) is 3.02. The van der Waals surface area contributed by atoms with E-state index in [1.54, 1.807) is 0 Å². The molecule has 1 aromatic rings. The van der Waals surface area contributed by atoms with E-state index in [9.17, 15) is 13.2 Å². The van der Waals surface area contributed by atoms with Gasteiger partial charge in [-0.15, -0.1) is 0 Å². The van der Waals surface area contributed by atoms with Crippen LogP contribution < -0.4 is 5.32 Å². The fourth-order valence-electron chi connectivity index (χ4n) is 1.03. The summed E-state index contributed by atoms with van der Waals surface area (Å²) in [6.45, 7) is 0.127. The Hall–Kier alpha value is -0.940. The number of alkyl halides is 3. The number of rotatable bonds is 3. The van der Waals surface area contributed by atoms with Crippen molar-refractivity contribution in [3.8, 4) is 0 Å². The number of aliphatic hydroxyl groups excluding tert-OH is 1. The molecule has 0 spiro atoms. The third-order valence-corrected chi connectivity index (χ3v) is 2.04. The van der Waals surface area contributed by atoms with Gasteiger partial charge in [0.05, 0.1) is 22.9 Å². The highest BCUT2D eigenvalue weighted by Gasteiger charge is 2.30. The Bertz CT molecular complexity index is 341. The average molecular weight is 240 g/mol. The average Bonchev–Trinajstić information content (AvgIpc) is 2.14. The van der Waals surface area contributed by atoms with E-state index in [-0.39, 0.29) is 18.2 Å². The van der Waals surface area contributed by atoms with Crippen molar-refractivity contribution in [1.82, 2.24) is 0 Å². The number of hydrogen-bond donors (Lipinski definition) is 2. The molecule has 2 N–H and O–H groups in total. The minimum absolute atomic E-state index is 0.0155. The molecule has 0 unspecified atom stereocenters. The summed E-state index contributed by atoms with van der Waals surface area (Å²) in [5.41, 5.74) is -0.416. The highest BCUT2D eigenvalue weighted by molar-refractivity contribution is 6.33. The van der Waals surface area contributed by atoms with Crippen LogP contribution in [0.5, 0.6) is 0 Å². The van der Waals surface area contributed by atoms with E-state index >= 15 is 0 Å². The maximum Gasteiger partial charge on any atom is 0.416 e. The topological polar surface area (TPSA) is 32.3 Å². The third kappa shape index (κ3) is 3.28. The van der Waals surface area contributed by atoms with Gasteiger partial charge >= 0.3 is 6.18 Å². The van der Waals surface area contributed by atoms with Crippen LogP contribution in [-0.2, 0) is 6.18 Å². The van der Waals surface area contributed by atoms with E-state index in [0.717, 1.165) is 12.1 Å². The number of benzene rings is 1. The molecule has 6 heteroatoms. The van der Waals surface area contributed by atoms with E-state index in [2.05, 4.69) is 5.32 Å². The van der Waals surface area contributed by atoms with Crippen LogP contribution in [0.15, 0.2) is 18.2 Å². The second-order valence-corrected chi connectivity index (χ2v) is 3.25. The predicted molar refractivity (Wildman–Crippen MR) is 52.0 cm³/mol. The van der Waals surface area contributed by atoms with Gasteiger partial charge in [0, 0.05) is 6.54 Å². The van der Waals surface area contributed by atoms with Crippen molar-refractivity contribution in [2.45, 2.75) is 6.18 Å². The first kappa shape index (κ1) is 12.1. The Morgan fingerprint density at radius 1 is 1.33 bits per heavy atom. The van der Waals surface area contributed by atoms with Crippen LogP contribution in [0.3, 0.4) is 0 Å². The van der Waals surface area contributed by atoms with Gasteiger partial charge < -0.3 is 10.4 Å². The monoisotopic (exact) mass is 239 g/mol. The molecule has 0 radical (unpaired) electrons. The predicted octanol–water partition coefficient (Wildman–Crippen LogP) is 2.76. The molecule has 2 nitrogen and oxygen atoms in total. The SMILES string of the molecule is OCCNc1ccc(C(F)(F)F)cc1Cl. The molecule has 0 bridgehead atoms. The van der Waals surface area contributed by atoms with Gasteiger partial charge in [0.1, 0.15) is 0 Å². The van der Waals surface area contributed by atoms with Gasteiger partial charge in [0.25, 0.3) is 0 Å². The molecule has 0 fully saturated rings. The van der Waals surface area contributed by atoms with Gasteiger partial charge in [-0.25, -0.2) is 0 Å². The number of hydrogen-bond acceptors (Lipinski definition) is 2. The fraction of sp³-hybridized carbons (Fsp3) is 0.333. The zero-order valence-corrected chi connectivity index (χ0v) is 8.36. The molecule has 0 amide bonds. The number of anilines is 1. The van der Waals surface area contributed by atoms with Gasteiger partial charge in [-0.3, -0.25) is 0 Å². The summed E-state index contributed by atoms with van der Waals surface area (Å²) in [5.74, 6) is 0. The van der Waals surface area contributed by atoms with Crippen LogP contribution in [0, 0.1) is 0 Å². The van der Waals surface area contributed by atoms with Crippen molar-refractivity contribution in [3.63, 3.8) is 0 Å². The van der Waals surface area contributed by atoms with Crippen LogP contribution in [0.4, 0.5) is 18.9 Å². The minimum Gasteiger partial charge on any atom is -0.395 e. The number of aliphatic hydroxyl groups is 1. The number of halogens is 4. The largest absolute Gasteiger partial charge is 0.416 e. The molecule has 15 heavy (non-hydrogen) atoms. The van der Waals surface area contributed by atoms with Crippen molar-refractivity contribution in [1.29, 1.82) is 0 Å². The molecule has 84 valence electrons. The van der Waals surface area contributed by atoms with Crippen LogP contribution in [0.25, 0.3) is 0 Å². The zero-order chi connectivity index (χ0) is 11.5. The van der Waals surface area contributed by atoms with Gasteiger partial charge in [-0.05, 0) is 18.2 Å². The van der Waals surface area contributed by atoms with Crippen molar-refractivity contribution in [2.24, 2.45) is 0 Å². The smallest absolute Gasteiger partial charge is 0.395 e. The lowest BCUT2D eigenvalue weighted by molar-refractivity contribution is -0.137. The van der Waals surface area contributed by atoms with Crippen LogP contribution in [-0.4, -0.2) is 18.3 Å². The molecule has 1 aromatic carbocycles.